The van der Waals surface area contributed by atoms with Crippen molar-refractivity contribution in [3.63, 3.8) is 0 Å². The molecule has 0 atom stereocenters. The van der Waals surface area contributed by atoms with E-state index in [9.17, 15) is 0 Å². The van der Waals surface area contributed by atoms with Crippen LogP contribution in [0.25, 0.3) is 0 Å². The highest BCUT2D eigenvalue weighted by molar-refractivity contribution is 8.01. The van der Waals surface area contributed by atoms with Crippen molar-refractivity contribution in [1.82, 2.24) is 15.5 Å². The molecule has 1 heterocycles. The van der Waals surface area contributed by atoms with Crippen LogP contribution in [0.1, 0.15) is 11.1 Å². The number of aromatic nitrogens is 2. The quantitative estimate of drug-likeness (QED) is 0.906. The zero-order chi connectivity index (χ0) is 11.4. The van der Waals surface area contributed by atoms with Crippen LogP contribution in [0.2, 0.25) is 0 Å². The first-order chi connectivity index (χ1) is 7.79. The average molecular weight is 251 g/mol. The molecule has 2 rings (SSSR count). The van der Waals surface area contributed by atoms with Crippen molar-refractivity contribution >= 4 is 23.1 Å². The summed E-state index contributed by atoms with van der Waals surface area (Å²) in [6.07, 6.45) is 0. The van der Waals surface area contributed by atoms with Gasteiger partial charge >= 0.3 is 0 Å². The summed E-state index contributed by atoms with van der Waals surface area (Å²) in [5.41, 5.74) is 4.40. The molecule has 0 unspecified atom stereocenters. The van der Waals surface area contributed by atoms with Gasteiger partial charge in [-0.05, 0) is 37.2 Å². The summed E-state index contributed by atoms with van der Waals surface area (Å²) < 4.78 is 0.987. The van der Waals surface area contributed by atoms with Crippen LogP contribution in [0.15, 0.2) is 32.9 Å². The van der Waals surface area contributed by atoms with Gasteiger partial charge in [0.15, 0.2) is 4.34 Å². The minimum absolute atomic E-state index is 0.912. The van der Waals surface area contributed by atoms with Gasteiger partial charge in [-0.3, -0.25) is 0 Å². The molecule has 0 aliphatic carbocycles. The number of rotatable bonds is 4. The maximum Gasteiger partial charge on any atom is 0.178 e. The van der Waals surface area contributed by atoms with Crippen molar-refractivity contribution in [1.29, 1.82) is 0 Å². The normalized spacial score (nSPS) is 10.6. The van der Waals surface area contributed by atoms with Crippen molar-refractivity contribution in [3.05, 3.63) is 34.8 Å². The van der Waals surface area contributed by atoms with Crippen LogP contribution < -0.4 is 5.32 Å². The van der Waals surface area contributed by atoms with E-state index in [1.54, 1.807) is 28.6 Å². The van der Waals surface area contributed by atoms with E-state index in [1.165, 1.54) is 16.0 Å². The van der Waals surface area contributed by atoms with Crippen molar-refractivity contribution < 1.29 is 0 Å². The third-order valence-corrected chi connectivity index (χ3v) is 3.99. The lowest BCUT2D eigenvalue weighted by atomic mass is 10.1. The van der Waals surface area contributed by atoms with Crippen LogP contribution in [-0.4, -0.2) is 17.2 Å². The first kappa shape index (κ1) is 11.6. The molecule has 16 heavy (non-hydrogen) atoms. The summed E-state index contributed by atoms with van der Waals surface area (Å²) in [5.74, 6) is 0. The molecule has 0 saturated carbocycles. The summed E-state index contributed by atoms with van der Waals surface area (Å²) in [4.78, 5) is 1.22. The highest BCUT2D eigenvalue weighted by atomic mass is 32.2. The van der Waals surface area contributed by atoms with Gasteiger partial charge in [0, 0.05) is 11.4 Å². The molecule has 0 aliphatic heterocycles. The third kappa shape index (κ3) is 2.81. The summed E-state index contributed by atoms with van der Waals surface area (Å²) >= 11 is 3.23. The Kier molecular flexibility index (Phi) is 3.93. The maximum atomic E-state index is 4.02. The predicted molar refractivity (Wildman–Crippen MR) is 68.0 cm³/mol. The fraction of sp³-hybridized carbons (Fsp3) is 0.273. The fourth-order valence-electron chi connectivity index (χ4n) is 1.43. The first-order valence-electron chi connectivity index (χ1n) is 4.98. The van der Waals surface area contributed by atoms with Gasteiger partial charge in [0.1, 0.15) is 5.51 Å². The molecule has 1 aromatic carbocycles. The highest BCUT2D eigenvalue weighted by Crippen LogP contribution is 2.29. The Morgan fingerprint density at radius 2 is 2.31 bits per heavy atom. The van der Waals surface area contributed by atoms with E-state index >= 15 is 0 Å². The smallest absolute Gasteiger partial charge is 0.178 e. The number of hydrogen-bond acceptors (Lipinski definition) is 5. The Balaban J connectivity index is 2.15. The Hall–Kier alpha value is -0.910. The minimum atomic E-state index is 0.912. The molecule has 1 aromatic heterocycles. The van der Waals surface area contributed by atoms with Crippen LogP contribution in [0.5, 0.6) is 0 Å². The maximum absolute atomic E-state index is 4.02. The SMILES string of the molecule is CNCc1ccc(Sc2nncs2)cc1C. The van der Waals surface area contributed by atoms with Crippen LogP contribution in [-0.2, 0) is 6.54 Å². The van der Waals surface area contributed by atoms with Gasteiger partial charge in [-0.25, -0.2) is 0 Å². The van der Waals surface area contributed by atoms with Crippen molar-refractivity contribution in [2.24, 2.45) is 0 Å². The van der Waals surface area contributed by atoms with Gasteiger partial charge in [-0.15, -0.1) is 10.2 Å². The van der Waals surface area contributed by atoms with Crippen molar-refractivity contribution in [2.75, 3.05) is 7.05 Å². The summed E-state index contributed by atoms with van der Waals surface area (Å²) in [5, 5.41) is 11.0. The second-order valence-electron chi connectivity index (χ2n) is 3.43. The van der Waals surface area contributed by atoms with Crippen molar-refractivity contribution in [3.8, 4) is 0 Å². The molecule has 0 aliphatic rings. The minimum Gasteiger partial charge on any atom is -0.316 e. The molecule has 84 valence electrons. The molecule has 1 N–H and O–H groups in total. The highest BCUT2D eigenvalue weighted by Gasteiger charge is 2.03. The van der Waals surface area contributed by atoms with E-state index in [0.29, 0.717) is 0 Å². The largest absolute Gasteiger partial charge is 0.316 e. The zero-order valence-electron chi connectivity index (χ0n) is 9.23. The first-order valence-corrected chi connectivity index (χ1v) is 6.67. The topological polar surface area (TPSA) is 37.8 Å². The number of aryl methyl sites for hydroxylation is 1. The van der Waals surface area contributed by atoms with Crippen LogP contribution in [0.3, 0.4) is 0 Å². The second kappa shape index (κ2) is 5.43. The molecule has 5 heteroatoms. The monoisotopic (exact) mass is 251 g/mol. The van der Waals surface area contributed by atoms with E-state index in [-0.39, 0.29) is 0 Å². The Morgan fingerprint density at radius 1 is 1.44 bits per heavy atom. The molecule has 0 bridgehead atoms. The predicted octanol–water partition coefficient (Wildman–Crippen LogP) is 2.72. The number of nitrogens with one attached hydrogen (secondary N) is 1. The fourth-order valence-corrected chi connectivity index (χ4v) is 2.98. The van der Waals surface area contributed by atoms with E-state index in [4.69, 9.17) is 0 Å². The standard InChI is InChI=1S/C11H13N3S2/c1-8-5-10(4-3-9(8)6-12-2)16-11-14-13-7-15-11/h3-5,7,12H,6H2,1-2H3. The van der Waals surface area contributed by atoms with Gasteiger partial charge < -0.3 is 5.32 Å². The van der Waals surface area contributed by atoms with Crippen LogP contribution >= 0.6 is 23.1 Å². The summed E-state index contributed by atoms with van der Waals surface area (Å²) in [6.45, 7) is 3.05. The van der Waals surface area contributed by atoms with Gasteiger partial charge in [-0.1, -0.05) is 29.2 Å². The number of nitrogens with zero attached hydrogens (tertiary/aromatic N) is 2. The van der Waals surface area contributed by atoms with Crippen molar-refractivity contribution in [2.45, 2.75) is 22.7 Å². The van der Waals surface area contributed by atoms with E-state index in [2.05, 4.69) is 40.6 Å². The van der Waals surface area contributed by atoms with E-state index in [1.807, 2.05) is 7.05 Å². The Morgan fingerprint density at radius 3 is 2.94 bits per heavy atom. The molecule has 0 spiro atoms. The molecule has 0 radical (unpaired) electrons. The summed E-state index contributed by atoms with van der Waals surface area (Å²) in [7, 11) is 1.96. The molecule has 2 aromatic rings. The van der Waals surface area contributed by atoms with Gasteiger partial charge in [-0.2, -0.15) is 0 Å². The van der Waals surface area contributed by atoms with Crippen LogP contribution in [0, 0.1) is 6.92 Å². The lowest BCUT2D eigenvalue weighted by Gasteiger charge is -2.06. The van der Waals surface area contributed by atoms with Crippen LogP contribution in [0.4, 0.5) is 0 Å². The van der Waals surface area contributed by atoms with E-state index in [0.717, 1.165) is 10.9 Å². The third-order valence-electron chi connectivity index (χ3n) is 2.23. The number of benzene rings is 1. The molecule has 0 saturated heterocycles. The number of hydrogen-bond donors (Lipinski definition) is 1. The Bertz CT molecular complexity index is 454. The second-order valence-corrected chi connectivity index (χ2v) is 5.58. The lowest BCUT2D eigenvalue weighted by Crippen LogP contribution is -2.06. The van der Waals surface area contributed by atoms with E-state index < -0.39 is 0 Å². The van der Waals surface area contributed by atoms with Gasteiger partial charge in [0.05, 0.1) is 0 Å². The summed E-state index contributed by atoms with van der Waals surface area (Å²) in [6, 6.07) is 6.49. The molecular weight excluding hydrogens is 238 g/mol. The Labute approximate surface area is 103 Å². The molecule has 0 amide bonds. The zero-order valence-corrected chi connectivity index (χ0v) is 10.9. The average Bonchev–Trinajstić information content (AvgIpc) is 2.75. The molecule has 3 nitrogen and oxygen atoms in total. The lowest BCUT2D eigenvalue weighted by molar-refractivity contribution is 0.811. The molecule has 0 fully saturated rings. The molecular formula is C11H13N3S2. The van der Waals surface area contributed by atoms with Gasteiger partial charge in [0.2, 0.25) is 0 Å². The van der Waals surface area contributed by atoms with Gasteiger partial charge in [0.25, 0.3) is 0 Å².